The zero-order chi connectivity index (χ0) is 12.3. The highest BCUT2D eigenvalue weighted by Gasteiger charge is 2.18. The Labute approximate surface area is 98.7 Å². The second-order valence-electron chi connectivity index (χ2n) is 3.73. The summed E-state index contributed by atoms with van der Waals surface area (Å²) in [5, 5.41) is 9.77. The van der Waals surface area contributed by atoms with Crippen LogP contribution in [0.15, 0.2) is 29.3 Å². The molecule has 0 aliphatic heterocycles. The fourth-order valence-electron chi connectivity index (χ4n) is 1.70. The molecule has 2 aromatic rings. The number of aromatic nitrogens is 4. The number of rotatable bonds is 4. The van der Waals surface area contributed by atoms with Crippen LogP contribution in [0.25, 0.3) is 0 Å². The third-order valence-corrected chi connectivity index (χ3v) is 2.52. The van der Waals surface area contributed by atoms with Crippen LogP contribution in [0.1, 0.15) is 24.5 Å². The summed E-state index contributed by atoms with van der Waals surface area (Å²) in [6.07, 6.45) is 3.62. The minimum Gasteiger partial charge on any atom is -0.336 e. The summed E-state index contributed by atoms with van der Waals surface area (Å²) < 4.78 is 1.93. The van der Waals surface area contributed by atoms with Crippen molar-refractivity contribution in [2.24, 2.45) is 7.05 Å². The summed E-state index contributed by atoms with van der Waals surface area (Å²) >= 11 is 0. The molecule has 0 fully saturated rings. The average molecular weight is 233 g/mol. The Morgan fingerprint density at radius 3 is 2.88 bits per heavy atom. The number of imidazole rings is 1. The Morgan fingerprint density at radius 1 is 1.53 bits per heavy atom. The van der Waals surface area contributed by atoms with Gasteiger partial charge in [0.05, 0.1) is 5.69 Å². The SMILES string of the molecule is CCNC(c1ccc(=O)[nH]n1)c1nccn1C. The van der Waals surface area contributed by atoms with Crippen LogP contribution < -0.4 is 10.9 Å². The zero-order valence-corrected chi connectivity index (χ0v) is 9.84. The Bertz CT molecular complexity index is 524. The van der Waals surface area contributed by atoms with Crippen LogP contribution in [0.4, 0.5) is 0 Å². The van der Waals surface area contributed by atoms with E-state index < -0.39 is 0 Å². The lowest BCUT2D eigenvalue weighted by Crippen LogP contribution is -2.26. The number of aryl methyl sites for hydroxylation is 1. The van der Waals surface area contributed by atoms with Crippen molar-refractivity contribution in [3.8, 4) is 0 Å². The molecule has 2 heterocycles. The topological polar surface area (TPSA) is 75.6 Å². The van der Waals surface area contributed by atoms with Gasteiger partial charge in [-0.15, -0.1) is 0 Å². The second kappa shape index (κ2) is 4.92. The molecule has 0 saturated heterocycles. The standard InChI is InChI=1S/C11H15N5O/c1-3-12-10(11-13-6-7-16(11)2)8-4-5-9(17)15-14-8/h4-7,10,12H,3H2,1-2H3,(H,15,17). The average Bonchev–Trinajstić information content (AvgIpc) is 2.74. The van der Waals surface area contributed by atoms with E-state index in [4.69, 9.17) is 0 Å². The van der Waals surface area contributed by atoms with Gasteiger partial charge in [0.15, 0.2) is 0 Å². The molecule has 2 rings (SSSR count). The first-order valence-electron chi connectivity index (χ1n) is 5.48. The van der Waals surface area contributed by atoms with Gasteiger partial charge in [0.1, 0.15) is 11.9 Å². The van der Waals surface area contributed by atoms with E-state index in [1.54, 1.807) is 12.3 Å². The molecule has 0 bridgehead atoms. The predicted molar refractivity (Wildman–Crippen MR) is 63.6 cm³/mol. The van der Waals surface area contributed by atoms with Crippen molar-refractivity contribution in [3.05, 3.63) is 46.4 Å². The van der Waals surface area contributed by atoms with Crippen LogP contribution in [0.5, 0.6) is 0 Å². The Kier molecular flexibility index (Phi) is 3.34. The van der Waals surface area contributed by atoms with Crippen molar-refractivity contribution < 1.29 is 0 Å². The molecular weight excluding hydrogens is 218 g/mol. The predicted octanol–water partition coefficient (Wildman–Crippen LogP) is 0.202. The van der Waals surface area contributed by atoms with E-state index in [-0.39, 0.29) is 11.6 Å². The molecule has 2 aromatic heterocycles. The number of nitrogens with zero attached hydrogens (tertiary/aromatic N) is 3. The molecule has 17 heavy (non-hydrogen) atoms. The summed E-state index contributed by atoms with van der Waals surface area (Å²) in [7, 11) is 1.93. The molecule has 0 aromatic carbocycles. The molecule has 0 amide bonds. The zero-order valence-electron chi connectivity index (χ0n) is 9.84. The number of hydrogen-bond acceptors (Lipinski definition) is 4. The van der Waals surface area contributed by atoms with Gasteiger partial charge in [-0.2, -0.15) is 5.10 Å². The molecule has 6 heteroatoms. The molecule has 6 nitrogen and oxygen atoms in total. The Morgan fingerprint density at radius 2 is 2.35 bits per heavy atom. The monoisotopic (exact) mass is 233 g/mol. The molecule has 0 saturated carbocycles. The van der Waals surface area contributed by atoms with Gasteiger partial charge in [0.25, 0.3) is 5.56 Å². The fourth-order valence-corrected chi connectivity index (χ4v) is 1.70. The lowest BCUT2D eigenvalue weighted by Gasteiger charge is -2.16. The highest BCUT2D eigenvalue weighted by Crippen LogP contribution is 2.16. The van der Waals surface area contributed by atoms with E-state index in [1.807, 2.05) is 24.7 Å². The lowest BCUT2D eigenvalue weighted by molar-refractivity contribution is 0.557. The quantitative estimate of drug-likeness (QED) is 0.791. The molecule has 90 valence electrons. The van der Waals surface area contributed by atoms with Crippen LogP contribution in [0, 0.1) is 0 Å². The Balaban J connectivity index is 2.38. The van der Waals surface area contributed by atoms with E-state index in [2.05, 4.69) is 20.5 Å². The van der Waals surface area contributed by atoms with Crippen LogP contribution in [-0.2, 0) is 7.05 Å². The third kappa shape index (κ3) is 2.42. The van der Waals surface area contributed by atoms with Gasteiger partial charge in [-0.1, -0.05) is 6.92 Å². The maximum atomic E-state index is 11.0. The van der Waals surface area contributed by atoms with E-state index in [0.717, 1.165) is 18.1 Å². The maximum Gasteiger partial charge on any atom is 0.264 e. The van der Waals surface area contributed by atoms with E-state index in [0.29, 0.717) is 0 Å². The van der Waals surface area contributed by atoms with Crippen molar-refractivity contribution in [2.75, 3.05) is 6.54 Å². The van der Waals surface area contributed by atoms with Gasteiger partial charge < -0.3 is 9.88 Å². The number of hydrogen-bond donors (Lipinski definition) is 2. The van der Waals surface area contributed by atoms with Gasteiger partial charge in [-0.05, 0) is 12.6 Å². The molecule has 0 spiro atoms. The molecule has 1 unspecified atom stereocenters. The van der Waals surface area contributed by atoms with E-state index >= 15 is 0 Å². The lowest BCUT2D eigenvalue weighted by atomic mass is 10.2. The van der Waals surface area contributed by atoms with Crippen LogP contribution in [0.3, 0.4) is 0 Å². The first-order chi connectivity index (χ1) is 8.22. The van der Waals surface area contributed by atoms with Gasteiger partial charge in [-0.25, -0.2) is 10.1 Å². The van der Waals surface area contributed by atoms with Gasteiger partial charge in [0.2, 0.25) is 0 Å². The van der Waals surface area contributed by atoms with Crippen molar-refractivity contribution in [1.82, 2.24) is 25.1 Å². The Hall–Kier alpha value is -1.95. The largest absolute Gasteiger partial charge is 0.336 e. The van der Waals surface area contributed by atoms with Gasteiger partial charge in [0, 0.05) is 25.5 Å². The van der Waals surface area contributed by atoms with Crippen molar-refractivity contribution in [2.45, 2.75) is 13.0 Å². The first kappa shape index (κ1) is 11.5. The third-order valence-electron chi connectivity index (χ3n) is 2.52. The van der Waals surface area contributed by atoms with Crippen molar-refractivity contribution in [3.63, 3.8) is 0 Å². The molecule has 0 aliphatic carbocycles. The van der Waals surface area contributed by atoms with Crippen LogP contribution in [0.2, 0.25) is 0 Å². The summed E-state index contributed by atoms with van der Waals surface area (Å²) in [6, 6.07) is 3.06. The number of aromatic amines is 1. The van der Waals surface area contributed by atoms with E-state index in [1.165, 1.54) is 6.07 Å². The van der Waals surface area contributed by atoms with Crippen LogP contribution in [-0.4, -0.2) is 26.3 Å². The molecule has 0 aliphatic rings. The minimum atomic E-state index is -0.205. The summed E-state index contributed by atoms with van der Waals surface area (Å²) in [6.45, 7) is 2.81. The molecule has 0 radical (unpaired) electrons. The summed E-state index contributed by atoms with van der Waals surface area (Å²) in [4.78, 5) is 15.3. The molecule has 1 atom stereocenters. The number of H-pyrrole nitrogens is 1. The van der Waals surface area contributed by atoms with Gasteiger partial charge >= 0.3 is 0 Å². The molecular formula is C11H15N5O. The first-order valence-corrected chi connectivity index (χ1v) is 5.48. The van der Waals surface area contributed by atoms with Crippen molar-refractivity contribution in [1.29, 1.82) is 0 Å². The summed E-state index contributed by atoms with van der Waals surface area (Å²) in [5.41, 5.74) is 0.546. The highest BCUT2D eigenvalue weighted by molar-refractivity contribution is 5.16. The number of nitrogens with one attached hydrogen (secondary N) is 2. The van der Waals surface area contributed by atoms with Crippen LogP contribution >= 0.6 is 0 Å². The normalized spacial score (nSPS) is 12.6. The smallest absolute Gasteiger partial charge is 0.264 e. The highest BCUT2D eigenvalue weighted by atomic mass is 16.1. The fraction of sp³-hybridized carbons (Fsp3) is 0.364. The van der Waals surface area contributed by atoms with Crippen molar-refractivity contribution >= 4 is 0 Å². The minimum absolute atomic E-state index is 0.114. The van der Waals surface area contributed by atoms with E-state index in [9.17, 15) is 4.79 Å². The molecule has 2 N–H and O–H groups in total. The second-order valence-corrected chi connectivity index (χ2v) is 3.73. The summed E-state index contributed by atoms with van der Waals surface area (Å²) in [5.74, 6) is 0.867. The maximum absolute atomic E-state index is 11.0. The van der Waals surface area contributed by atoms with Gasteiger partial charge in [-0.3, -0.25) is 4.79 Å².